The number of ether oxygens (including phenoxy) is 2. The molecule has 98 valence electrons. The van der Waals surface area contributed by atoms with Crippen LogP contribution in [0.1, 0.15) is 32.5 Å². The first-order chi connectivity index (χ1) is 8.02. The standard InChI is InChI=1S/C12H23N3O2/c1-6-17-12(8(2)3)10(13)11-9(16-5)7-14-15(11)4/h7-8,10,12H,6,13H2,1-5H3. The van der Waals surface area contributed by atoms with E-state index in [1.807, 2.05) is 14.0 Å². The lowest BCUT2D eigenvalue weighted by Gasteiger charge is -2.27. The van der Waals surface area contributed by atoms with Crippen LogP contribution in [0.2, 0.25) is 0 Å². The maximum atomic E-state index is 6.28. The maximum Gasteiger partial charge on any atom is 0.161 e. The Morgan fingerprint density at radius 3 is 2.59 bits per heavy atom. The van der Waals surface area contributed by atoms with E-state index in [1.54, 1.807) is 18.0 Å². The summed E-state index contributed by atoms with van der Waals surface area (Å²) in [5, 5.41) is 4.17. The SMILES string of the molecule is CCOC(C(C)C)C(N)c1c(OC)cnn1C. The van der Waals surface area contributed by atoms with Crippen LogP contribution in [-0.2, 0) is 11.8 Å². The van der Waals surface area contributed by atoms with Gasteiger partial charge in [-0.3, -0.25) is 4.68 Å². The Balaban J connectivity index is 2.99. The third-order valence-electron chi connectivity index (χ3n) is 2.86. The Bertz CT molecular complexity index is 350. The Morgan fingerprint density at radius 1 is 1.47 bits per heavy atom. The van der Waals surface area contributed by atoms with Gasteiger partial charge in [0.2, 0.25) is 0 Å². The lowest BCUT2D eigenvalue weighted by molar-refractivity contribution is 0.00998. The first-order valence-electron chi connectivity index (χ1n) is 5.95. The molecule has 0 saturated carbocycles. The predicted molar refractivity (Wildman–Crippen MR) is 66.9 cm³/mol. The molecule has 1 aromatic heterocycles. The summed E-state index contributed by atoms with van der Waals surface area (Å²) >= 11 is 0. The second kappa shape index (κ2) is 6.02. The van der Waals surface area contributed by atoms with E-state index in [2.05, 4.69) is 18.9 Å². The van der Waals surface area contributed by atoms with Crippen LogP contribution in [0.5, 0.6) is 5.75 Å². The fourth-order valence-electron chi connectivity index (χ4n) is 2.02. The van der Waals surface area contributed by atoms with E-state index in [0.717, 1.165) is 5.69 Å². The Hall–Kier alpha value is -1.07. The summed E-state index contributed by atoms with van der Waals surface area (Å²) in [5.41, 5.74) is 7.16. The first kappa shape index (κ1) is 14.0. The largest absolute Gasteiger partial charge is 0.493 e. The molecule has 17 heavy (non-hydrogen) atoms. The van der Waals surface area contributed by atoms with E-state index in [0.29, 0.717) is 18.3 Å². The summed E-state index contributed by atoms with van der Waals surface area (Å²) in [4.78, 5) is 0. The van der Waals surface area contributed by atoms with Crippen molar-refractivity contribution in [2.45, 2.75) is 32.9 Å². The highest BCUT2D eigenvalue weighted by atomic mass is 16.5. The van der Waals surface area contributed by atoms with Crippen LogP contribution < -0.4 is 10.5 Å². The number of nitrogens with zero attached hydrogens (tertiary/aromatic N) is 2. The highest BCUT2D eigenvalue weighted by Crippen LogP contribution is 2.29. The number of aryl methyl sites for hydroxylation is 1. The van der Waals surface area contributed by atoms with Crippen molar-refractivity contribution in [1.29, 1.82) is 0 Å². The highest BCUT2D eigenvalue weighted by Gasteiger charge is 2.28. The van der Waals surface area contributed by atoms with Gasteiger partial charge in [0.15, 0.2) is 5.75 Å². The van der Waals surface area contributed by atoms with E-state index >= 15 is 0 Å². The van der Waals surface area contributed by atoms with E-state index in [1.165, 1.54) is 0 Å². The average Bonchev–Trinajstić information content (AvgIpc) is 2.66. The lowest BCUT2D eigenvalue weighted by Crippen LogP contribution is -2.35. The second-order valence-electron chi connectivity index (χ2n) is 4.41. The topological polar surface area (TPSA) is 62.3 Å². The monoisotopic (exact) mass is 241 g/mol. The minimum absolute atomic E-state index is 0.0377. The molecule has 0 bridgehead atoms. The van der Waals surface area contributed by atoms with Crippen LogP contribution >= 0.6 is 0 Å². The summed E-state index contributed by atoms with van der Waals surface area (Å²) in [6, 6.07) is -0.239. The summed E-state index contributed by atoms with van der Waals surface area (Å²) in [7, 11) is 3.49. The van der Waals surface area contributed by atoms with Crippen molar-refractivity contribution < 1.29 is 9.47 Å². The Labute approximate surface area is 103 Å². The number of hydrogen-bond acceptors (Lipinski definition) is 4. The quantitative estimate of drug-likeness (QED) is 0.819. The van der Waals surface area contributed by atoms with Crippen molar-refractivity contribution in [1.82, 2.24) is 9.78 Å². The molecule has 0 aromatic carbocycles. The molecule has 2 N–H and O–H groups in total. The van der Waals surface area contributed by atoms with Crippen molar-refractivity contribution in [2.24, 2.45) is 18.7 Å². The molecule has 0 aliphatic carbocycles. The van der Waals surface area contributed by atoms with Gasteiger partial charge >= 0.3 is 0 Å². The highest BCUT2D eigenvalue weighted by molar-refractivity contribution is 5.28. The number of methoxy groups -OCH3 is 1. The van der Waals surface area contributed by atoms with Crippen LogP contribution in [-0.4, -0.2) is 29.6 Å². The van der Waals surface area contributed by atoms with Crippen molar-refractivity contribution in [3.63, 3.8) is 0 Å². The van der Waals surface area contributed by atoms with Crippen molar-refractivity contribution in [3.05, 3.63) is 11.9 Å². The fraction of sp³-hybridized carbons (Fsp3) is 0.750. The van der Waals surface area contributed by atoms with E-state index in [4.69, 9.17) is 15.2 Å². The van der Waals surface area contributed by atoms with Crippen molar-refractivity contribution in [2.75, 3.05) is 13.7 Å². The van der Waals surface area contributed by atoms with Gasteiger partial charge in [0.05, 0.1) is 31.1 Å². The van der Waals surface area contributed by atoms with Gasteiger partial charge in [-0.25, -0.2) is 0 Å². The first-order valence-corrected chi connectivity index (χ1v) is 5.95. The van der Waals surface area contributed by atoms with E-state index in [9.17, 15) is 0 Å². The molecule has 1 rings (SSSR count). The van der Waals surface area contributed by atoms with Gasteiger partial charge in [0.1, 0.15) is 0 Å². The van der Waals surface area contributed by atoms with Crippen LogP contribution in [0.25, 0.3) is 0 Å². The van der Waals surface area contributed by atoms with Gasteiger partial charge in [-0.15, -0.1) is 0 Å². The molecule has 5 heteroatoms. The number of hydrogen-bond donors (Lipinski definition) is 1. The summed E-state index contributed by atoms with van der Waals surface area (Å²) in [5.74, 6) is 1.05. The predicted octanol–water partition coefficient (Wildman–Crippen LogP) is 1.49. The van der Waals surface area contributed by atoms with Gasteiger partial charge in [-0.2, -0.15) is 5.10 Å². The number of aromatic nitrogens is 2. The Morgan fingerprint density at radius 2 is 2.12 bits per heavy atom. The van der Waals surface area contributed by atoms with Gasteiger partial charge in [-0.1, -0.05) is 13.8 Å². The molecule has 0 saturated heterocycles. The third kappa shape index (κ3) is 2.98. The number of rotatable bonds is 6. The zero-order chi connectivity index (χ0) is 13.0. The van der Waals surface area contributed by atoms with E-state index in [-0.39, 0.29) is 12.1 Å². The zero-order valence-electron chi connectivity index (χ0n) is 11.3. The Kier molecular flexibility index (Phi) is 4.96. The number of nitrogens with two attached hydrogens (primary N) is 1. The van der Waals surface area contributed by atoms with Crippen LogP contribution in [0.15, 0.2) is 6.20 Å². The molecule has 0 radical (unpaired) electrons. The molecule has 0 spiro atoms. The van der Waals surface area contributed by atoms with Gasteiger partial charge < -0.3 is 15.2 Å². The molecule has 1 aromatic rings. The maximum absolute atomic E-state index is 6.28. The third-order valence-corrected chi connectivity index (χ3v) is 2.86. The minimum Gasteiger partial charge on any atom is -0.493 e. The zero-order valence-corrected chi connectivity index (χ0v) is 11.3. The summed E-state index contributed by atoms with van der Waals surface area (Å²) in [6.45, 7) is 6.82. The summed E-state index contributed by atoms with van der Waals surface area (Å²) in [6.07, 6.45) is 1.64. The molecule has 2 unspecified atom stereocenters. The van der Waals surface area contributed by atoms with Crippen LogP contribution in [0.4, 0.5) is 0 Å². The lowest BCUT2D eigenvalue weighted by atomic mass is 9.97. The molecular formula is C12H23N3O2. The molecular weight excluding hydrogens is 218 g/mol. The van der Waals surface area contributed by atoms with Crippen LogP contribution in [0, 0.1) is 5.92 Å². The molecule has 5 nitrogen and oxygen atoms in total. The molecule has 0 aliphatic rings. The molecule has 1 heterocycles. The summed E-state index contributed by atoms with van der Waals surface area (Å²) < 4.78 is 12.7. The molecule has 0 amide bonds. The minimum atomic E-state index is -0.239. The van der Waals surface area contributed by atoms with Crippen LogP contribution in [0.3, 0.4) is 0 Å². The smallest absolute Gasteiger partial charge is 0.161 e. The van der Waals surface area contributed by atoms with Gasteiger partial charge in [-0.05, 0) is 12.8 Å². The van der Waals surface area contributed by atoms with Crippen molar-refractivity contribution >= 4 is 0 Å². The van der Waals surface area contributed by atoms with Crippen molar-refractivity contribution in [3.8, 4) is 5.75 Å². The average molecular weight is 241 g/mol. The van der Waals surface area contributed by atoms with Gasteiger partial charge in [0.25, 0.3) is 0 Å². The molecule has 0 fully saturated rings. The second-order valence-corrected chi connectivity index (χ2v) is 4.41. The molecule has 2 atom stereocenters. The fourth-order valence-corrected chi connectivity index (χ4v) is 2.02. The van der Waals surface area contributed by atoms with Gasteiger partial charge in [0, 0.05) is 13.7 Å². The molecule has 0 aliphatic heterocycles. The van der Waals surface area contributed by atoms with E-state index < -0.39 is 0 Å². The normalized spacial score (nSPS) is 15.0.